The van der Waals surface area contributed by atoms with Crippen molar-refractivity contribution in [1.82, 2.24) is 0 Å². The number of benzene rings is 3. The Morgan fingerprint density at radius 1 is 0.808 bits per heavy atom. The molecule has 0 spiro atoms. The van der Waals surface area contributed by atoms with Gasteiger partial charge < -0.3 is 0 Å². The fraction of sp³-hybridized carbons (Fsp3) is 0.143. The van der Waals surface area contributed by atoms with Crippen LogP contribution in [0.15, 0.2) is 77.7 Å². The number of rotatable bonds is 5. The number of hydrogen-bond donors (Lipinski definition) is 0. The molecular formula is C21H16BrF3S. The van der Waals surface area contributed by atoms with E-state index in [1.807, 2.05) is 24.3 Å². The summed E-state index contributed by atoms with van der Waals surface area (Å²) < 4.78 is 40.6. The Bertz CT molecular complexity index is 859. The highest BCUT2D eigenvalue weighted by Gasteiger charge is 2.34. The molecule has 0 amide bonds. The van der Waals surface area contributed by atoms with Gasteiger partial charge in [-0.1, -0.05) is 76.6 Å². The molecule has 3 aromatic carbocycles. The molecule has 0 fully saturated rings. The summed E-state index contributed by atoms with van der Waals surface area (Å²) in [5.41, 5.74) is 2.44. The highest BCUT2D eigenvalue weighted by molar-refractivity contribution is 9.08. The lowest BCUT2D eigenvalue weighted by molar-refractivity contribution is -0.137. The largest absolute Gasteiger partial charge is 0.417 e. The van der Waals surface area contributed by atoms with Gasteiger partial charge in [0, 0.05) is 16.0 Å². The van der Waals surface area contributed by atoms with E-state index in [1.165, 1.54) is 23.4 Å². The van der Waals surface area contributed by atoms with E-state index in [-0.39, 0.29) is 5.56 Å². The first-order chi connectivity index (χ1) is 12.5. The van der Waals surface area contributed by atoms with Gasteiger partial charge in [0.05, 0.1) is 5.56 Å². The molecule has 0 aliphatic rings. The first-order valence-electron chi connectivity index (χ1n) is 8.00. The molecule has 0 bridgehead atoms. The average molecular weight is 437 g/mol. The molecule has 0 aliphatic carbocycles. The van der Waals surface area contributed by atoms with Crippen molar-refractivity contribution < 1.29 is 13.2 Å². The third kappa shape index (κ3) is 4.71. The summed E-state index contributed by atoms with van der Waals surface area (Å²) in [4.78, 5) is 0.613. The molecule has 0 aliphatic heterocycles. The van der Waals surface area contributed by atoms with Gasteiger partial charge in [0.15, 0.2) is 0 Å². The van der Waals surface area contributed by atoms with Crippen LogP contribution in [0.25, 0.3) is 11.1 Å². The molecule has 5 heteroatoms. The van der Waals surface area contributed by atoms with Crippen LogP contribution in [0.5, 0.6) is 0 Å². The maximum Gasteiger partial charge on any atom is 0.417 e. The van der Waals surface area contributed by atoms with Crippen LogP contribution in [-0.4, -0.2) is 0 Å². The quantitative estimate of drug-likeness (QED) is 0.293. The molecule has 0 N–H and O–H groups in total. The van der Waals surface area contributed by atoms with Gasteiger partial charge in [-0.05, 0) is 34.4 Å². The number of thioether (sulfide) groups is 1. The standard InChI is InChI=1S/C21H16BrF3S/c22-13-15-6-8-16(9-7-15)14-26-18-10-11-19(17-4-2-1-3-5-17)20(12-18)21(23,24)25/h1-12H,13-14H2. The van der Waals surface area contributed by atoms with Gasteiger partial charge in [-0.15, -0.1) is 11.8 Å². The molecule has 3 rings (SSSR count). The van der Waals surface area contributed by atoms with Crippen molar-refractivity contribution in [3.63, 3.8) is 0 Å². The third-order valence-corrected chi connectivity index (χ3v) is 5.68. The maximum absolute atomic E-state index is 13.5. The van der Waals surface area contributed by atoms with E-state index in [1.54, 1.807) is 42.5 Å². The van der Waals surface area contributed by atoms with Gasteiger partial charge in [0.2, 0.25) is 0 Å². The average Bonchev–Trinajstić information content (AvgIpc) is 2.66. The molecule has 0 saturated carbocycles. The molecular weight excluding hydrogens is 421 g/mol. The molecule has 3 aromatic rings. The van der Waals surface area contributed by atoms with E-state index in [0.29, 0.717) is 16.2 Å². The highest BCUT2D eigenvalue weighted by Crippen LogP contribution is 2.39. The molecule has 134 valence electrons. The van der Waals surface area contributed by atoms with E-state index < -0.39 is 11.7 Å². The first-order valence-corrected chi connectivity index (χ1v) is 10.1. The fourth-order valence-electron chi connectivity index (χ4n) is 2.61. The zero-order valence-electron chi connectivity index (χ0n) is 13.8. The minimum atomic E-state index is -4.39. The Hall–Kier alpha value is -1.72. The lowest BCUT2D eigenvalue weighted by atomic mass is 9.99. The SMILES string of the molecule is FC(F)(F)c1cc(SCc2ccc(CBr)cc2)ccc1-c1ccccc1. The second-order valence-electron chi connectivity index (χ2n) is 5.81. The van der Waals surface area contributed by atoms with E-state index >= 15 is 0 Å². The number of hydrogen-bond acceptors (Lipinski definition) is 1. The predicted molar refractivity (Wildman–Crippen MR) is 106 cm³/mol. The van der Waals surface area contributed by atoms with Crippen molar-refractivity contribution >= 4 is 27.7 Å². The highest BCUT2D eigenvalue weighted by atomic mass is 79.9. The van der Waals surface area contributed by atoms with Gasteiger partial charge >= 0.3 is 6.18 Å². The monoisotopic (exact) mass is 436 g/mol. The van der Waals surface area contributed by atoms with Crippen LogP contribution in [-0.2, 0) is 17.3 Å². The van der Waals surface area contributed by atoms with Crippen molar-refractivity contribution in [3.8, 4) is 11.1 Å². The van der Waals surface area contributed by atoms with Crippen molar-refractivity contribution in [1.29, 1.82) is 0 Å². The molecule has 0 nitrogen and oxygen atoms in total. The Kier molecular flexibility index (Phi) is 6.09. The zero-order valence-corrected chi connectivity index (χ0v) is 16.2. The van der Waals surface area contributed by atoms with Gasteiger partial charge in [-0.2, -0.15) is 13.2 Å². The molecule has 0 unspecified atom stereocenters. The van der Waals surface area contributed by atoms with E-state index in [2.05, 4.69) is 15.9 Å². The van der Waals surface area contributed by atoms with Crippen LogP contribution < -0.4 is 0 Å². The number of halogens is 4. The van der Waals surface area contributed by atoms with Crippen molar-refractivity contribution in [2.24, 2.45) is 0 Å². The summed E-state index contributed by atoms with van der Waals surface area (Å²) in [6, 6.07) is 21.3. The summed E-state index contributed by atoms with van der Waals surface area (Å²) in [5, 5.41) is 0.788. The van der Waals surface area contributed by atoms with Crippen LogP contribution in [0, 0.1) is 0 Å². The minimum absolute atomic E-state index is 0.212. The second kappa shape index (κ2) is 8.31. The van der Waals surface area contributed by atoms with Gasteiger partial charge in [0.25, 0.3) is 0 Å². The van der Waals surface area contributed by atoms with E-state index in [4.69, 9.17) is 0 Å². The summed E-state index contributed by atoms with van der Waals surface area (Å²) in [5.74, 6) is 0.630. The van der Waals surface area contributed by atoms with Crippen molar-refractivity contribution in [3.05, 3.63) is 89.5 Å². The Balaban J connectivity index is 1.84. The third-order valence-electron chi connectivity index (χ3n) is 3.96. The summed E-state index contributed by atoms with van der Waals surface area (Å²) in [7, 11) is 0. The molecule has 0 radical (unpaired) electrons. The van der Waals surface area contributed by atoms with Crippen LogP contribution in [0.4, 0.5) is 13.2 Å². The summed E-state index contributed by atoms with van der Waals surface area (Å²) in [6.45, 7) is 0. The van der Waals surface area contributed by atoms with Crippen molar-refractivity contribution in [2.45, 2.75) is 22.2 Å². The Labute approximate surface area is 163 Å². The summed E-state index contributed by atoms with van der Waals surface area (Å²) in [6.07, 6.45) is -4.39. The minimum Gasteiger partial charge on any atom is -0.166 e. The van der Waals surface area contributed by atoms with Crippen LogP contribution >= 0.6 is 27.7 Å². The normalized spacial score (nSPS) is 11.5. The predicted octanol–water partition coefficient (Wildman–Crippen LogP) is 7.56. The molecule has 0 atom stereocenters. The van der Waals surface area contributed by atoms with Crippen molar-refractivity contribution in [2.75, 3.05) is 0 Å². The van der Waals surface area contributed by atoms with Gasteiger partial charge in [-0.3, -0.25) is 0 Å². The fourth-order valence-corrected chi connectivity index (χ4v) is 3.87. The van der Waals surface area contributed by atoms with Crippen LogP contribution in [0.1, 0.15) is 16.7 Å². The van der Waals surface area contributed by atoms with Crippen LogP contribution in [0.2, 0.25) is 0 Å². The molecule has 0 aromatic heterocycles. The van der Waals surface area contributed by atoms with E-state index in [0.717, 1.165) is 10.9 Å². The zero-order chi connectivity index (χ0) is 18.6. The Morgan fingerprint density at radius 3 is 2.08 bits per heavy atom. The topological polar surface area (TPSA) is 0 Å². The number of alkyl halides is 4. The Morgan fingerprint density at radius 2 is 1.46 bits per heavy atom. The van der Waals surface area contributed by atoms with E-state index in [9.17, 15) is 13.2 Å². The van der Waals surface area contributed by atoms with Gasteiger partial charge in [0.1, 0.15) is 0 Å². The lowest BCUT2D eigenvalue weighted by Crippen LogP contribution is -2.07. The second-order valence-corrected chi connectivity index (χ2v) is 7.42. The molecule has 0 heterocycles. The smallest absolute Gasteiger partial charge is 0.166 e. The van der Waals surface area contributed by atoms with Gasteiger partial charge in [-0.25, -0.2) is 0 Å². The lowest BCUT2D eigenvalue weighted by Gasteiger charge is -2.15. The maximum atomic E-state index is 13.5. The molecule has 26 heavy (non-hydrogen) atoms. The summed E-state index contributed by atoms with van der Waals surface area (Å²) >= 11 is 4.81. The first kappa shape index (κ1) is 19.1. The molecule has 0 saturated heterocycles. The van der Waals surface area contributed by atoms with Crippen LogP contribution in [0.3, 0.4) is 0 Å².